The largest absolute Gasteiger partial charge is 0.508 e. The zero-order chi connectivity index (χ0) is 48.8. The number of aromatic nitrogens is 2. The molecule has 0 saturated carbocycles. The van der Waals surface area contributed by atoms with Crippen molar-refractivity contribution in [2.45, 2.75) is 50.5 Å². The van der Waals surface area contributed by atoms with Crippen LogP contribution in [0.2, 0.25) is 0 Å². The molecule has 2 aromatic carbocycles. The number of phosphoric ester groups is 1. The van der Waals surface area contributed by atoms with E-state index in [9.17, 15) is 67.6 Å². The van der Waals surface area contributed by atoms with Gasteiger partial charge >= 0.3 is 35.1 Å². The molecule has 1 aliphatic carbocycles. The molecule has 5 atom stereocenters. The van der Waals surface area contributed by atoms with Crippen molar-refractivity contribution in [1.29, 1.82) is 0 Å². The maximum absolute atomic E-state index is 13.2. The summed E-state index contributed by atoms with van der Waals surface area (Å²) in [6.45, 7) is -0.782. The number of rotatable bonds is 20. The molecule has 3 aromatic rings. The van der Waals surface area contributed by atoms with Crippen LogP contribution in [0.15, 0.2) is 85.7 Å². The van der Waals surface area contributed by atoms with Crippen molar-refractivity contribution < 1.29 is 85.3 Å². The Bertz CT molecular complexity index is 3030. The number of carbonyl (C=O) groups is 3. The Morgan fingerprint density at radius 2 is 1.66 bits per heavy atom. The van der Waals surface area contributed by atoms with Crippen LogP contribution >= 0.6 is 23.5 Å². The van der Waals surface area contributed by atoms with Gasteiger partial charge in [-0.05, 0) is 60.9 Å². The van der Waals surface area contributed by atoms with E-state index in [0.29, 0.717) is 35.8 Å². The van der Waals surface area contributed by atoms with E-state index >= 15 is 0 Å². The Morgan fingerprint density at radius 1 is 0.896 bits per heavy atom. The molecule has 2 amide bonds. The van der Waals surface area contributed by atoms with Gasteiger partial charge in [0.15, 0.2) is 5.43 Å². The quantitative estimate of drug-likeness (QED) is 0.0304. The minimum atomic E-state index is -5.79. The molecular weight excluding hydrogens is 953 g/mol. The summed E-state index contributed by atoms with van der Waals surface area (Å²) in [5, 5.41) is 36.4. The lowest BCUT2D eigenvalue weighted by Gasteiger charge is -2.19. The topological polar surface area (TPSA) is 390 Å². The summed E-state index contributed by atoms with van der Waals surface area (Å²) in [5.74, 6) is -2.05. The first-order valence-corrected chi connectivity index (χ1v) is 24.3. The van der Waals surface area contributed by atoms with Crippen LogP contribution in [0.25, 0.3) is 39.5 Å². The number of unbranched alkanes of at least 4 members (excludes halogenated alkanes) is 2. The third-order valence-corrected chi connectivity index (χ3v) is 13.7. The number of phenolic OH excluding ortho intramolecular Hbond substituents is 1. The predicted molar refractivity (Wildman–Crippen MR) is 232 cm³/mol. The predicted octanol–water partition coefficient (Wildman–Crippen LogP) is 2.93. The van der Waals surface area contributed by atoms with E-state index in [4.69, 9.17) is 18.9 Å². The summed E-state index contributed by atoms with van der Waals surface area (Å²) >= 11 is 0. The maximum Gasteiger partial charge on any atom is 0.490 e. The minimum Gasteiger partial charge on any atom is -0.508 e. The van der Waals surface area contributed by atoms with Crippen LogP contribution in [0, 0.1) is 0 Å². The number of nitrogens with one attached hydrogen (secondary N) is 3. The number of nitrogens with zero attached hydrogens (tertiary/aromatic N) is 1. The van der Waals surface area contributed by atoms with E-state index in [1.54, 1.807) is 6.07 Å². The van der Waals surface area contributed by atoms with Gasteiger partial charge < -0.3 is 54.7 Å². The zero-order valence-electron chi connectivity index (χ0n) is 34.5. The number of H-pyrrole nitrogens is 1. The fourth-order valence-electron chi connectivity index (χ4n) is 6.91. The molecule has 67 heavy (non-hydrogen) atoms. The summed E-state index contributed by atoms with van der Waals surface area (Å²) in [6, 6.07) is 12.4. The number of aromatic carboxylic acids is 1. The Balaban J connectivity index is 0.965. The van der Waals surface area contributed by atoms with Gasteiger partial charge in [-0.25, -0.2) is 23.3 Å². The number of ether oxygens (including phenoxy) is 1. The monoisotopic (exact) mass is 994 g/mol. The second-order valence-corrected chi connectivity index (χ2v) is 19.1. The van der Waals surface area contributed by atoms with E-state index in [1.165, 1.54) is 60.7 Å². The molecule has 3 heterocycles. The smallest absolute Gasteiger partial charge is 0.490 e. The molecule has 6 rings (SSSR count). The second kappa shape index (κ2) is 20.9. The number of hydrogen-bond donors (Lipinski definition) is 10. The number of carbonyl (C=O) groups excluding carboxylic acids is 2. The number of benzene rings is 3. The summed E-state index contributed by atoms with van der Waals surface area (Å²) in [4.78, 5) is 114. The average Bonchev–Trinajstić information content (AvgIpc) is 3.60. The van der Waals surface area contributed by atoms with E-state index in [0.717, 1.165) is 10.8 Å². The van der Waals surface area contributed by atoms with Crippen LogP contribution in [-0.4, -0.2) is 94.1 Å². The molecule has 0 spiro atoms. The number of hydrogen-bond acceptors (Lipinski definition) is 16. The number of aliphatic hydroxyl groups is 1. The first-order valence-electron chi connectivity index (χ1n) is 19.8. The standard InChI is InChI=1S/C39H41N4O21P3/c44-23-8-11-26-30(16-23)61-31-17-24(45)9-12-27(31)35(26)28-15-21(7-10-25(28)38(50)51)36(48)41-13-3-1-2-6-33(47)40-14-4-5-22-19-43(39(52)42-37(22)49)34-18-29(46)32(62-34)20-60-66(56,57)64-67(58,59)63-65(53,54)55/h4-5,7-12,15-17,19,29,32,34,44,46H,1-3,6,13-14,18,20H2,(H,40,47)(H,41,48)(H,50,51)(H,56,57)(H,58,59)(H,42,49,52)(H2,53,54,55)/b5-4+/t29-,32+,34+/m0/s1. The SMILES string of the molecule is O=C(CCCCCNC(=O)c1ccc(C(=O)O)c(-c2c3ccc(=O)cc-3oc3cc(O)ccc23)c1)NC/C=C/c1cn([C@H]2C[C@H](O)[C@@H](COP(=O)(O)OP(=O)(O)OP(=O)(O)O)O2)c(=O)[nH]c1=O. The van der Waals surface area contributed by atoms with Gasteiger partial charge in [-0.2, -0.15) is 8.62 Å². The molecule has 358 valence electrons. The number of aliphatic hydroxyl groups excluding tert-OH is 1. The van der Waals surface area contributed by atoms with Gasteiger partial charge in [-0.1, -0.05) is 18.6 Å². The first-order chi connectivity index (χ1) is 31.5. The van der Waals surface area contributed by atoms with Crippen molar-refractivity contribution in [3.05, 3.63) is 115 Å². The van der Waals surface area contributed by atoms with Crippen LogP contribution in [0.4, 0.5) is 0 Å². The van der Waals surface area contributed by atoms with E-state index in [1.807, 2.05) is 0 Å². The molecule has 1 aromatic heterocycles. The van der Waals surface area contributed by atoms with Crippen LogP contribution in [-0.2, 0) is 36.4 Å². The fraction of sp³-hybridized carbons (Fsp3) is 0.282. The Morgan fingerprint density at radius 3 is 2.39 bits per heavy atom. The van der Waals surface area contributed by atoms with Gasteiger partial charge in [-0.3, -0.25) is 33.3 Å². The van der Waals surface area contributed by atoms with Gasteiger partial charge in [0.05, 0.1) is 23.8 Å². The van der Waals surface area contributed by atoms with Crippen LogP contribution in [0.3, 0.4) is 0 Å². The lowest BCUT2D eigenvalue weighted by Crippen LogP contribution is -2.33. The van der Waals surface area contributed by atoms with E-state index in [2.05, 4.69) is 28.8 Å². The Kier molecular flexibility index (Phi) is 15.8. The van der Waals surface area contributed by atoms with Crippen LogP contribution < -0.4 is 27.3 Å². The van der Waals surface area contributed by atoms with Crippen molar-refractivity contribution in [3.8, 4) is 28.2 Å². The van der Waals surface area contributed by atoms with Gasteiger partial charge in [-0.15, -0.1) is 0 Å². The number of phenols is 1. The van der Waals surface area contributed by atoms with Crippen LogP contribution in [0.1, 0.15) is 64.6 Å². The first kappa shape index (κ1) is 50.5. The normalized spacial score (nSPS) is 18.2. The summed E-state index contributed by atoms with van der Waals surface area (Å²) in [7, 11) is -17.0. The molecule has 1 fully saturated rings. The number of carboxylic acid groups (broad SMARTS) is 1. The van der Waals surface area contributed by atoms with Crippen molar-refractivity contribution >= 4 is 58.3 Å². The minimum absolute atomic E-state index is 0.0249. The lowest BCUT2D eigenvalue weighted by molar-refractivity contribution is -0.121. The molecule has 0 bridgehead atoms. The van der Waals surface area contributed by atoms with Gasteiger partial charge in [0.2, 0.25) is 5.91 Å². The molecule has 10 N–H and O–H groups in total. The van der Waals surface area contributed by atoms with Crippen molar-refractivity contribution in [3.63, 3.8) is 0 Å². The molecule has 28 heteroatoms. The van der Waals surface area contributed by atoms with Gasteiger partial charge in [0.25, 0.3) is 11.5 Å². The van der Waals surface area contributed by atoms with Crippen molar-refractivity contribution in [1.82, 2.24) is 20.2 Å². The Labute approximate surface area is 376 Å². The Hall–Kier alpha value is -5.91. The highest BCUT2D eigenvalue weighted by molar-refractivity contribution is 7.66. The highest BCUT2D eigenvalue weighted by Crippen LogP contribution is 2.66. The number of carboxylic acids is 1. The van der Waals surface area contributed by atoms with E-state index in [-0.39, 0.29) is 76.6 Å². The van der Waals surface area contributed by atoms with Crippen molar-refractivity contribution in [2.24, 2.45) is 0 Å². The molecule has 1 saturated heterocycles. The molecule has 2 aliphatic heterocycles. The third-order valence-electron chi connectivity index (χ3n) is 9.87. The molecule has 2 unspecified atom stereocenters. The van der Waals surface area contributed by atoms with E-state index < -0.39 is 71.6 Å². The second-order valence-electron chi connectivity index (χ2n) is 14.7. The molecule has 3 aliphatic rings. The summed E-state index contributed by atoms with van der Waals surface area (Å²) in [5.41, 5.74) is -0.995. The molecule has 0 radical (unpaired) electrons. The highest BCUT2D eigenvalue weighted by Gasteiger charge is 2.43. The highest BCUT2D eigenvalue weighted by atomic mass is 31.3. The molecular formula is C39H41N4O21P3. The average molecular weight is 995 g/mol. The number of phosphoric acid groups is 3. The number of aromatic hydroxyl groups is 1. The third kappa shape index (κ3) is 13.4. The van der Waals surface area contributed by atoms with Gasteiger partial charge in [0, 0.05) is 66.3 Å². The fourth-order valence-corrected chi connectivity index (χ4v) is 9.94. The van der Waals surface area contributed by atoms with Gasteiger partial charge in [0.1, 0.15) is 29.4 Å². The summed E-state index contributed by atoms with van der Waals surface area (Å²) < 4.78 is 58.4. The number of amides is 2. The van der Waals surface area contributed by atoms with Crippen molar-refractivity contribution in [2.75, 3.05) is 19.7 Å². The number of aromatic amines is 1. The summed E-state index contributed by atoms with van der Waals surface area (Å²) in [6.07, 6.45) is 0.920. The lowest BCUT2D eigenvalue weighted by atomic mass is 9.89. The molecule has 25 nitrogen and oxygen atoms in total. The number of fused-ring (bicyclic) bond motifs is 2. The maximum atomic E-state index is 13.2. The van der Waals surface area contributed by atoms with Crippen LogP contribution in [0.5, 0.6) is 5.75 Å². The zero-order valence-corrected chi connectivity index (χ0v) is 37.1.